The number of carbonyl (C=O) groups excluding carboxylic acids is 1. The van der Waals surface area contributed by atoms with Gasteiger partial charge < -0.3 is 9.64 Å². The Labute approximate surface area is 122 Å². The van der Waals surface area contributed by atoms with E-state index in [4.69, 9.17) is 26.9 Å². The van der Waals surface area contributed by atoms with E-state index in [0.29, 0.717) is 0 Å². The van der Waals surface area contributed by atoms with Crippen LogP contribution in [0.3, 0.4) is 0 Å². The molecular formula is C13H13ClN4O2. The van der Waals surface area contributed by atoms with Crippen LogP contribution in [0.2, 0.25) is 5.02 Å². The van der Waals surface area contributed by atoms with Crippen molar-refractivity contribution in [1.29, 1.82) is 10.5 Å². The lowest BCUT2D eigenvalue weighted by Gasteiger charge is -2.16. The molecule has 7 heteroatoms. The van der Waals surface area contributed by atoms with Gasteiger partial charge in [-0.05, 0) is 19.9 Å². The minimum absolute atomic E-state index is 0.0878. The molecule has 0 aliphatic rings. The molecule has 0 bridgehead atoms. The highest BCUT2D eigenvalue weighted by molar-refractivity contribution is 6.32. The van der Waals surface area contributed by atoms with Crippen molar-refractivity contribution in [2.24, 2.45) is 0 Å². The monoisotopic (exact) mass is 292 g/mol. The van der Waals surface area contributed by atoms with Crippen LogP contribution in [0.15, 0.2) is 12.3 Å². The molecule has 0 saturated carbocycles. The maximum atomic E-state index is 12.1. The Hall–Kier alpha value is -2.31. The average molecular weight is 293 g/mol. The quantitative estimate of drug-likeness (QED) is 0.774. The van der Waals surface area contributed by atoms with E-state index in [9.17, 15) is 4.79 Å². The normalized spacial score (nSPS) is 9.70. The summed E-state index contributed by atoms with van der Waals surface area (Å²) >= 11 is 5.99. The molecule has 0 aromatic carbocycles. The Morgan fingerprint density at radius 1 is 1.45 bits per heavy atom. The van der Waals surface area contributed by atoms with Gasteiger partial charge in [0.1, 0.15) is 18.1 Å². The first-order chi connectivity index (χ1) is 9.49. The summed E-state index contributed by atoms with van der Waals surface area (Å²) in [5.74, 6) is -0.232. The van der Waals surface area contributed by atoms with Crippen LogP contribution in [0.25, 0.3) is 0 Å². The molecule has 104 valence electrons. The van der Waals surface area contributed by atoms with Crippen LogP contribution in [0.5, 0.6) is 5.88 Å². The third-order valence-electron chi connectivity index (χ3n) is 2.21. The van der Waals surface area contributed by atoms with E-state index in [0.717, 1.165) is 4.90 Å². The number of amides is 1. The minimum Gasteiger partial charge on any atom is -0.474 e. The summed E-state index contributed by atoms with van der Waals surface area (Å²) in [5.41, 5.74) is 0.205. The number of halogens is 1. The molecule has 0 spiro atoms. The SMILES string of the molecule is CC(C)Oc1ncc(C(=O)N(CC#N)CC#N)cc1Cl. The summed E-state index contributed by atoms with van der Waals surface area (Å²) in [6, 6.07) is 5.08. The number of hydrogen-bond donors (Lipinski definition) is 0. The molecule has 0 aliphatic carbocycles. The van der Waals surface area contributed by atoms with Crippen molar-refractivity contribution < 1.29 is 9.53 Å². The Kier molecular flexibility index (Phi) is 5.76. The van der Waals surface area contributed by atoms with Gasteiger partial charge in [0, 0.05) is 6.20 Å². The van der Waals surface area contributed by atoms with Crippen LogP contribution < -0.4 is 4.74 Å². The molecule has 0 saturated heterocycles. The molecule has 1 aromatic rings. The van der Waals surface area contributed by atoms with E-state index in [-0.39, 0.29) is 35.7 Å². The highest BCUT2D eigenvalue weighted by Crippen LogP contribution is 2.23. The summed E-state index contributed by atoms with van der Waals surface area (Å²) in [4.78, 5) is 17.2. The molecule has 1 aromatic heterocycles. The molecule has 20 heavy (non-hydrogen) atoms. The lowest BCUT2D eigenvalue weighted by molar-refractivity contribution is 0.0794. The maximum absolute atomic E-state index is 12.1. The Bertz CT molecular complexity index is 559. The summed E-state index contributed by atoms with van der Waals surface area (Å²) in [6.07, 6.45) is 1.23. The third kappa shape index (κ3) is 4.11. The highest BCUT2D eigenvalue weighted by Gasteiger charge is 2.17. The van der Waals surface area contributed by atoms with Gasteiger partial charge in [0.2, 0.25) is 5.88 Å². The van der Waals surface area contributed by atoms with Crippen molar-refractivity contribution in [3.8, 4) is 18.0 Å². The number of hydrogen-bond acceptors (Lipinski definition) is 5. The van der Waals surface area contributed by atoms with Gasteiger partial charge in [-0.2, -0.15) is 10.5 Å². The molecule has 0 fully saturated rings. The van der Waals surface area contributed by atoms with Crippen molar-refractivity contribution >= 4 is 17.5 Å². The van der Waals surface area contributed by atoms with E-state index >= 15 is 0 Å². The molecule has 0 unspecified atom stereocenters. The van der Waals surface area contributed by atoms with Crippen molar-refractivity contribution in [3.63, 3.8) is 0 Å². The van der Waals surface area contributed by atoms with Crippen LogP contribution in [0.4, 0.5) is 0 Å². The number of aromatic nitrogens is 1. The zero-order valence-electron chi connectivity index (χ0n) is 11.1. The summed E-state index contributed by atoms with van der Waals surface area (Å²) in [5, 5.41) is 17.5. The van der Waals surface area contributed by atoms with E-state index in [2.05, 4.69) is 4.98 Å². The topological polar surface area (TPSA) is 90.0 Å². The molecule has 1 amide bonds. The molecule has 6 nitrogen and oxygen atoms in total. The molecule has 0 aliphatic heterocycles. The fraction of sp³-hybridized carbons (Fsp3) is 0.385. The largest absolute Gasteiger partial charge is 0.474 e. The molecule has 0 atom stereocenters. The van der Waals surface area contributed by atoms with Crippen LogP contribution >= 0.6 is 11.6 Å². The lowest BCUT2D eigenvalue weighted by atomic mass is 10.2. The van der Waals surface area contributed by atoms with E-state index in [1.54, 1.807) is 0 Å². The number of nitriles is 2. The first kappa shape index (κ1) is 15.7. The van der Waals surface area contributed by atoms with Crippen molar-refractivity contribution in [3.05, 3.63) is 22.8 Å². The zero-order chi connectivity index (χ0) is 15.1. The smallest absolute Gasteiger partial charge is 0.257 e. The van der Waals surface area contributed by atoms with Crippen molar-refractivity contribution in [2.75, 3.05) is 13.1 Å². The van der Waals surface area contributed by atoms with E-state index in [1.807, 2.05) is 26.0 Å². The van der Waals surface area contributed by atoms with Crippen molar-refractivity contribution in [2.45, 2.75) is 20.0 Å². The second-order valence-electron chi connectivity index (χ2n) is 4.16. The van der Waals surface area contributed by atoms with Gasteiger partial charge in [-0.3, -0.25) is 4.79 Å². The minimum atomic E-state index is -0.474. The van der Waals surface area contributed by atoms with Gasteiger partial charge in [-0.15, -0.1) is 0 Å². The maximum Gasteiger partial charge on any atom is 0.257 e. The predicted molar refractivity (Wildman–Crippen MR) is 72.1 cm³/mol. The van der Waals surface area contributed by atoms with Crippen LogP contribution in [-0.2, 0) is 0 Å². The Morgan fingerprint density at radius 2 is 2.05 bits per heavy atom. The molecule has 0 N–H and O–H groups in total. The Morgan fingerprint density at radius 3 is 2.50 bits per heavy atom. The van der Waals surface area contributed by atoms with Crippen LogP contribution in [0.1, 0.15) is 24.2 Å². The van der Waals surface area contributed by atoms with Gasteiger partial charge >= 0.3 is 0 Å². The van der Waals surface area contributed by atoms with Gasteiger partial charge in [-0.1, -0.05) is 11.6 Å². The first-order valence-electron chi connectivity index (χ1n) is 5.85. The zero-order valence-corrected chi connectivity index (χ0v) is 11.9. The third-order valence-corrected chi connectivity index (χ3v) is 2.48. The van der Waals surface area contributed by atoms with Gasteiger partial charge in [0.05, 0.1) is 23.8 Å². The molecule has 1 rings (SSSR count). The second-order valence-corrected chi connectivity index (χ2v) is 4.56. The van der Waals surface area contributed by atoms with Gasteiger partial charge in [0.15, 0.2) is 0 Å². The molecule has 1 heterocycles. The summed E-state index contributed by atoms with van der Waals surface area (Å²) < 4.78 is 5.36. The standard InChI is InChI=1S/C13H13ClN4O2/c1-9(2)20-12-11(14)7-10(8-17-12)13(19)18(5-3-15)6-4-16/h7-9H,5-6H2,1-2H3. The fourth-order valence-electron chi connectivity index (χ4n) is 1.41. The number of rotatable bonds is 5. The summed E-state index contributed by atoms with van der Waals surface area (Å²) in [7, 11) is 0. The predicted octanol–water partition coefficient (Wildman–Crippen LogP) is 2.01. The number of pyridine rings is 1. The number of nitrogens with zero attached hydrogens (tertiary/aromatic N) is 4. The Balaban J connectivity index is 2.97. The van der Waals surface area contributed by atoms with Crippen LogP contribution in [0, 0.1) is 22.7 Å². The van der Waals surface area contributed by atoms with Gasteiger partial charge in [-0.25, -0.2) is 4.98 Å². The van der Waals surface area contributed by atoms with E-state index < -0.39 is 5.91 Å². The lowest BCUT2D eigenvalue weighted by Crippen LogP contribution is -2.31. The first-order valence-corrected chi connectivity index (χ1v) is 6.22. The second kappa shape index (κ2) is 7.32. The number of ether oxygens (including phenoxy) is 1. The summed E-state index contributed by atoms with van der Waals surface area (Å²) in [6.45, 7) is 3.32. The van der Waals surface area contributed by atoms with E-state index in [1.165, 1.54) is 12.3 Å². The highest BCUT2D eigenvalue weighted by atomic mass is 35.5. The van der Waals surface area contributed by atoms with Crippen LogP contribution in [-0.4, -0.2) is 35.0 Å². The van der Waals surface area contributed by atoms with Gasteiger partial charge in [0.25, 0.3) is 5.91 Å². The van der Waals surface area contributed by atoms with Crippen molar-refractivity contribution in [1.82, 2.24) is 9.88 Å². The fourth-order valence-corrected chi connectivity index (χ4v) is 1.62. The molecule has 0 radical (unpaired) electrons. The average Bonchev–Trinajstić information content (AvgIpc) is 2.39. The number of carbonyl (C=O) groups is 1. The molecular weight excluding hydrogens is 280 g/mol.